The van der Waals surface area contributed by atoms with E-state index in [1.807, 2.05) is 0 Å². The van der Waals surface area contributed by atoms with Crippen LogP contribution in [0.15, 0.2) is 0 Å². The second-order valence-corrected chi connectivity index (χ2v) is 4.59. The number of nitrogens with two attached hydrogens (primary N) is 1. The van der Waals surface area contributed by atoms with Crippen LogP contribution in [0.2, 0.25) is 0 Å². The van der Waals surface area contributed by atoms with E-state index in [4.69, 9.17) is 10.5 Å². The molecule has 0 saturated heterocycles. The van der Waals surface area contributed by atoms with Gasteiger partial charge >= 0.3 is 6.09 Å². The van der Waals surface area contributed by atoms with Crippen LogP contribution in [0.25, 0.3) is 0 Å². The Morgan fingerprint density at radius 2 is 1.82 bits per heavy atom. The number of carbonyl (C=O) groups excluding carboxylic acids is 3. The van der Waals surface area contributed by atoms with E-state index in [1.165, 1.54) is 0 Å². The molecule has 98 valence electrons. The summed E-state index contributed by atoms with van der Waals surface area (Å²) in [4.78, 5) is 32.4. The van der Waals surface area contributed by atoms with Crippen molar-refractivity contribution in [3.05, 3.63) is 0 Å². The van der Waals surface area contributed by atoms with E-state index in [2.05, 4.69) is 5.32 Å². The van der Waals surface area contributed by atoms with Crippen molar-refractivity contribution < 1.29 is 24.2 Å². The molecule has 0 aromatic carbocycles. The monoisotopic (exact) mass is 245 g/mol. The summed E-state index contributed by atoms with van der Waals surface area (Å²) < 4.78 is 4.92. The van der Waals surface area contributed by atoms with Crippen LogP contribution in [0.5, 0.6) is 0 Å². The molecule has 7 heteroatoms. The van der Waals surface area contributed by atoms with Crippen LogP contribution in [-0.2, 0) is 14.3 Å². The van der Waals surface area contributed by atoms with E-state index in [9.17, 15) is 19.5 Å². The highest BCUT2D eigenvalue weighted by Crippen LogP contribution is 2.07. The molecular weight excluding hydrogens is 228 g/mol. The molecule has 0 unspecified atom stereocenters. The average molecular weight is 245 g/mol. The Morgan fingerprint density at radius 3 is 2.18 bits per heavy atom. The fourth-order valence-corrected chi connectivity index (χ4v) is 1.09. The second-order valence-electron chi connectivity index (χ2n) is 4.59. The molecule has 0 aromatic heterocycles. The molecule has 17 heavy (non-hydrogen) atoms. The Morgan fingerprint density at radius 1 is 1.29 bits per heavy atom. The Bertz CT molecular complexity index is 292. The zero-order valence-electron chi connectivity index (χ0n) is 10.1. The maximum absolute atomic E-state index is 11.3. The molecule has 1 atom stereocenters. The molecular formula is C10H17N2O5-. The van der Waals surface area contributed by atoms with E-state index >= 15 is 0 Å². The number of rotatable bonds is 5. The van der Waals surface area contributed by atoms with Crippen LogP contribution in [0.1, 0.15) is 33.6 Å². The molecule has 0 radical (unpaired) electrons. The minimum atomic E-state index is -1.38. The van der Waals surface area contributed by atoms with Gasteiger partial charge in [0.05, 0.1) is 0 Å². The quantitative estimate of drug-likeness (QED) is 0.636. The van der Waals surface area contributed by atoms with Gasteiger partial charge < -0.3 is 25.7 Å². The van der Waals surface area contributed by atoms with Gasteiger partial charge in [0.1, 0.15) is 5.60 Å². The summed E-state index contributed by atoms with van der Waals surface area (Å²) in [7, 11) is 0. The lowest BCUT2D eigenvalue weighted by Crippen LogP contribution is -2.44. The first-order valence-electron chi connectivity index (χ1n) is 5.08. The third-order valence-corrected chi connectivity index (χ3v) is 1.58. The Labute approximate surface area is 99.3 Å². The average Bonchev–Trinajstić information content (AvgIpc) is 1.95. The van der Waals surface area contributed by atoms with Crippen LogP contribution in [-0.4, -0.2) is 29.6 Å². The van der Waals surface area contributed by atoms with Crippen molar-refractivity contribution in [3.8, 4) is 0 Å². The molecule has 0 aliphatic rings. The third kappa shape index (κ3) is 9.16. The molecule has 2 amide bonds. The predicted octanol–water partition coefficient (Wildman–Crippen LogP) is -1.10. The molecule has 7 nitrogen and oxygen atoms in total. The molecule has 0 fully saturated rings. The summed E-state index contributed by atoms with van der Waals surface area (Å²) in [6.45, 7) is 4.98. The molecule has 3 N–H and O–H groups in total. The van der Waals surface area contributed by atoms with Gasteiger partial charge in [-0.2, -0.15) is 0 Å². The van der Waals surface area contributed by atoms with Crippen LogP contribution in [0.3, 0.4) is 0 Å². The standard InChI is InChI=1S/C10H18N2O5/c1-10(2,3)17-9(16)12-6(4-7(11)13)5-8(14)15/h6H,4-5H2,1-3H3,(H2,11,13)(H,12,16)(H,14,15)/p-1/t6-/m0/s1. The Hall–Kier alpha value is -1.79. The van der Waals surface area contributed by atoms with Gasteiger partial charge in [0, 0.05) is 24.9 Å². The molecule has 0 aromatic rings. The van der Waals surface area contributed by atoms with Crippen LogP contribution in [0.4, 0.5) is 4.79 Å². The first-order valence-corrected chi connectivity index (χ1v) is 5.08. The summed E-state index contributed by atoms with van der Waals surface area (Å²) in [6, 6.07) is -0.924. The first-order chi connectivity index (χ1) is 7.60. The summed E-state index contributed by atoms with van der Waals surface area (Å²) in [5, 5.41) is 12.7. The topological polar surface area (TPSA) is 122 Å². The third-order valence-electron chi connectivity index (χ3n) is 1.58. The van der Waals surface area contributed by atoms with Gasteiger partial charge in [0.2, 0.25) is 5.91 Å². The highest BCUT2D eigenvalue weighted by Gasteiger charge is 2.20. The van der Waals surface area contributed by atoms with Gasteiger partial charge in [0.15, 0.2) is 0 Å². The van der Waals surface area contributed by atoms with Gasteiger partial charge in [-0.3, -0.25) is 4.79 Å². The van der Waals surface area contributed by atoms with Crippen molar-refractivity contribution in [2.24, 2.45) is 5.73 Å². The van der Waals surface area contributed by atoms with E-state index in [0.29, 0.717) is 0 Å². The van der Waals surface area contributed by atoms with E-state index < -0.39 is 36.0 Å². The summed E-state index contributed by atoms with van der Waals surface area (Å²) in [5.74, 6) is -2.10. The predicted molar refractivity (Wildman–Crippen MR) is 56.6 cm³/mol. The van der Waals surface area contributed by atoms with Crippen molar-refractivity contribution in [2.45, 2.75) is 45.3 Å². The lowest BCUT2D eigenvalue weighted by molar-refractivity contribution is -0.306. The van der Waals surface area contributed by atoms with E-state index in [-0.39, 0.29) is 6.42 Å². The number of hydrogen-bond acceptors (Lipinski definition) is 5. The zero-order valence-corrected chi connectivity index (χ0v) is 10.1. The van der Waals surface area contributed by atoms with Crippen molar-refractivity contribution >= 4 is 18.0 Å². The number of carboxylic acids is 1. The SMILES string of the molecule is CC(C)(C)OC(=O)N[C@@H](CC(N)=O)CC(=O)[O-]. The highest BCUT2D eigenvalue weighted by atomic mass is 16.6. The number of aliphatic carboxylic acids is 1. The van der Waals surface area contributed by atoms with E-state index in [1.54, 1.807) is 20.8 Å². The maximum Gasteiger partial charge on any atom is 0.407 e. The lowest BCUT2D eigenvalue weighted by atomic mass is 10.1. The molecule has 0 spiro atoms. The number of carbonyl (C=O) groups is 3. The lowest BCUT2D eigenvalue weighted by Gasteiger charge is -2.23. The number of nitrogens with one attached hydrogen (secondary N) is 1. The zero-order chi connectivity index (χ0) is 13.6. The highest BCUT2D eigenvalue weighted by molar-refractivity contribution is 5.77. The molecule has 0 aliphatic carbocycles. The van der Waals surface area contributed by atoms with Gasteiger partial charge in [0.25, 0.3) is 0 Å². The maximum atomic E-state index is 11.3. The molecule has 0 bridgehead atoms. The molecule has 0 saturated carbocycles. The number of primary amides is 1. The van der Waals surface area contributed by atoms with E-state index in [0.717, 1.165) is 0 Å². The molecule has 0 rings (SSSR count). The summed E-state index contributed by atoms with van der Waals surface area (Å²) in [6.07, 6.45) is -1.58. The second kappa shape index (κ2) is 6.07. The summed E-state index contributed by atoms with van der Waals surface area (Å²) >= 11 is 0. The largest absolute Gasteiger partial charge is 0.550 e. The van der Waals surface area contributed by atoms with Crippen LogP contribution in [0, 0.1) is 0 Å². The number of alkyl carbamates (subject to hydrolysis) is 1. The van der Waals surface area contributed by atoms with Crippen molar-refractivity contribution in [1.82, 2.24) is 5.32 Å². The van der Waals surface area contributed by atoms with Crippen molar-refractivity contribution in [1.29, 1.82) is 0 Å². The van der Waals surface area contributed by atoms with Gasteiger partial charge in [-0.25, -0.2) is 4.79 Å². The Kier molecular flexibility index (Phi) is 5.43. The van der Waals surface area contributed by atoms with Crippen molar-refractivity contribution in [2.75, 3.05) is 0 Å². The number of ether oxygens (including phenoxy) is 1. The number of amides is 2. The van der Waals surface area contributed by atoms with Crippen LogP contribution < -0.4 is 16.2 Å². The molecule has 0 heterocycles. The molecule has 0 aliphatic heterocycles. The minimum Gasteiger partial charge on any atom is -0.550 e. The fourth-order valence-electron chi connectivity index (χ4n) is 1.09. The van der Waals surface area contributed by atoms with Gasteiger partial charge in [-0.1, -0.05) is 0 Å². The fraction of sp³-hybridized carbons (Fsp3) is 0.700. The van der Waals surface area contributed by atoms with Gasteiger partial charge in [-0.05, 0) is 20.8 Å². The first kappa shape index (κ1) is 15.2. The Balaban J connectivity index is 4.37. The smallest absolute Gasteiger partial charge is 0.407 e. The van der Waals surface area contributed by atoms with Crippen molar-refractivity contribution in [3.63, 3.8) is 0 Å². The number of carboxylic acid groups (broad SMARTS) is 1. The normalized spacial score (nSPS) is 12.6. The minimum absolute atomic E-state index is 0.285. The van der Waals surface area contributed by atoms with Crippen LogP contribution >= 0.6 is 0 Å². The van der Waals surface area contributed by atoms with Gasteiger partial charge in [-0.15, -0.1) is 0 Å². The summed E-state index contributed by atoms with van der Waals surface area (Å²) in [5.41, 5.74) is 4.22. The number of hydrogen-bond donors (Lipinski definition) is 2.